The highest BCUT2D eigenvalue weighted by Gasteiger charge is 2.65. The van der Waals surface area contributed by atoms with E-state index >= 15 is 0 Å². The van der Waals surface area contributed by atoms with Gasteiger partial charge < -0.3 is 234 Å². The number of phosphoric acid groups is 2. The van der Waals surface area contributed by atoms with Gasteiger partial charge in [-0.25, -0.2) is 13.9 Å². The van der Waals surface area contributed by atoms with E-state index in [0.29, 0.717) is 6.92 Å². The smallest absolute Gasteiger partial charge is 0.472 e. The highest BCUT2D eigenvalue weighted by Crippen LogP contribution is 2.49. The van der Waals surface area contributed by atoms with Crippen molar-refractivity contribution >= 4 is 27.6 Å². The fraction of sp³-hybridized carbons (Fsp3) is 0.965. The average Bonchev–Trinajstić information content (AvgIpc) is 0.749. The van der Waals surface area contributed by atoms with Crippen LogP contribution in [-0.2, 0) is 108 Å². The molecule has 0 aromatic rings. The Kier molecular flexibility index (Phi) is 34.7. The Morgan fingerprint density at radius 3 is 1.25 bits per heavy atom. The van der Waals surface area contributed by atoms with Crippen molar-refractivity contribution in [3.05, 3.63) is 0 Å². The van der Waals surface area contributed by atoms with E-state index < -0.39 is 363 Å². The van der Waals surface area contributed by atoms with Gasteiger partial charge in [0.05, 0.1) is 59.5 Å². The highest BCUT2D eigenvalue weighted by molar-refractivity contribution is 7.47. The SMILES string of the molecule is CC(=O)O[C@H]1[C@H](O)[C@@H]([C@@H](O)CO)O[C@H](O[C@@H]2[C@@H](O[C@@H]3[C@H](O)[C@@H](O[C@H]4[C@@H]([C@H](O)CO)O[C@@](O)(C(=O)O)C[C@H]4OP(=O)(O)O)O[C@H]([C@@H](O)CO)[C@H]3O[C@@H]3O[C@H](CO)[C@@H](O)[C@H](O)[C@H]3O)O[C@H]([C@H](CO)OP(=O)(O)OCCN)[C@@H](O)[C@@H]2O[C@H]2O[C@H](CO)[C@@H](O[C@@H]3O[C@H](CO)[C@@H](O)[C@H](O)[C@H]3O)[C@H](O)[C@H]2O)[C@H]1O[C@@H]1O[C@H](CO)[C@H](O)[C@H](O)[C@H]1O. The van der Waals surface area contributed by atoms with Crippen LogP contribution in [0.25, 0.3) is 0 Å². The standard InChI is InChI=1S/C57H99NO53P2/c1-13(67)94-43-34(82)37(14(68)5-59)99-54(47(43)107-51-32(80)28(76)25(73)20(10-64)97-51)108-48-44(104-52-33(81)29(77)40(21(11-65)98-52)101-49-30(78)26(74)23(71)18(8-62)95-49)35(83)41(22(12-66)111-113(91,92)93-3-2-58)102-55(48)105-45-36(84)53(100-38(15(69)6-60)46(45)106-50-31(79)27(75)24(72)19(9-63)96-50)103-42-17(110-112(88,89)90)4-57(87,56(85)86)109-39(42)16(70)7-61/h14-55,59-66,68-84,87H,2-12,58H2,1H3,(H,85,86)(H,91,92)(H2,88,89,90)/t14-,15-,16+,17+,18+,19+,20+,21+,22-,23+,24+,25-,26-,27-,28-,29+,30+,31+,32+,33+,34+,35+,36-,37+,38+,39+,40+,41+,42+,43-,44-,45+,46+,47-,48-,49-,50-,51-,52+,53+,54+,55+,57+/m0/s1. The number of phosphoric ester groups is 2. The number of aliphatic hydroxyl groups is 26. The van der Waals surface area contributed by atoms with Crippen molar-refractivity contribution in [1.29, 1.82) is 0 Å². The average molecular weight is 1710 g/mol. The van der Waals surface area contributed by atoms with Crippen molar-refractivity contribution in [1.82, 2.24) is 0 Å². The fourth-order valence-electron chi connectivity index (χ4n) is 13.5. The number of aliphatic carboxylic acids is 1. The molecule has 0 saturated carbocycles. The molecule has 0 amide bonds. The van der Waals surface area contributed by atoms with Crippen LogP contribution in [0.15, 0.2) is 0 Å². The van der Waals surface area contributed by atoms with E-state index in [0.717, 1.165) is 0 Å². The minimum Gasteiger partial charge on any atom is -0.477 e. The molecule has 44 atom stereocenters. The molecule has 8 fully saturated rings. The third-order valence-electron chi connectivity index (χ3n) is 19.4. The molecule has 0 bridgehead atoms. The first-order valence-electron chi connectivity index (χ1n) is 34.5. The number of hydrogen-bond donors (Lipinski definition) is 31. The molecular weight excluding hydrogens is 1610 g/mol. The Morgan fingerprint density at radius 1 is 0.425 bits per heavy atom. The normalized spacial score (nSPS) is 46.5. The molecule has 0 aromatic heterocycles. The molecule has 0 aliphatic carbocycles. The minimum absolute atomic E-state index is 0.547. The Labute approximate surface area is 635 Å². The lowest BCUT2D eigenvalue weighted by Gasteiger charge is -2.53. The molecule has 54 nitrogen and oxygen atoms in total. The van der Waals surface area contributed by atoms with Crippen LogP contribution in [0.1, 0.15) is 13.3 Å². The lowest BCUT2D eigenvalue weighted by atomic mass is 9.91. The monoisotopic (exact) mass is 1710 g/mol. The maximum atomic E-state index is 13.7. The third kappa shape index (κ3) is 21.9. The molecule has 32 N–H and O–H groups in total. The number of carboxylic acid groups (broad SMARTS) is 1. The number of esters is 1. The second-order valence-electron chi connectivity index (χ2n) is 27.1. The van der Waals surface area contributed by atoms with Crippen molar-refractivity contribution in [2.75, 3.05) is 66.0 Å². The Balaban J connectivity index is 1.39. The van der Waals surface area contributed by atoms with Crippen LogP contribution in [0.4, 0.5) is 0 Å². The number of hydrogen-bond acceptors (Lipinski definition) is 50. The highest BCUT2D eigenvalue weighted by atomic mass is 31.2. The zero-order valence-electron chi connectivity index (χ0n) is 58.8. The number of aliphatic hydroxyl groups excluding tert-OH is 25. The maximum Gasteiger partial charge on any atom is 0.472 e. The molecule has 113 heavy (non-hydrogen) atoms. The molecule has 660 valence electrons. The molecule has 1 unspecified atom stereocenters. The molecule has 8 aliphatic heterocycles. The van der Waals surface area contributed by atoms with Crippen molar-refractivity contribution in [3.8, 4) is 0 Å². The van der Waals surface area contributed by atoms with Gasteiger partial charge in [-0.1, -0.05) is 0 Å². The predicted octanol–water partition coefficient (Wildman–Crippen LogP) is -19.7. The van der Waals surface area contributed by atoms with Gasteiger partial charge in [0.15, 0.2) is 56.2 Å². The van der Waals surface area contributed by atoms with E-state index in [1.165, 1.54) is 0 Å². The number of carbonyl (C=O) groups excluding carboxylic acids is 1. The van der Waals surface area contributed by atoms with Crippen molar-refractivity contribution in [3.63, 3.8) is 0 Å². The summed E-state index contributed by atoms with van der Waals surface area (Å²) in [7, 11) is -11.8. The Bertz CT molecular complexity index is 3050. The molecular formula is C57H99NO53P2. The quantitative estimate of drug-likeness (QED) is 0.0207. The molecule has 0 aromatic carbocycles. The van der Waals surface area contributed by atoms with Gasteiger partial charge in [0.25, 0.3) is 5.79 Å². The summed E-state index contributed by atoms with van der Waals surface area (Å²) in [5.74, 6) is -7.42. The van der Waals surface area contributed by atoms with Gasteiger partial charge in [0.2, 0.25) is 0 Å². The summed E-state index contributed by atoms with van der Waals surface area (Å²) < 4.78 is 136. The summed E-state index contributed by atoms with van der Waals surface area (Å²) in [5.41, 5.74) is 5.50. The van der Waals surface area contributed by atoms with Crippen LogP contribution in [0.5, 0.6) is 0 Å². The van der Waals surface area contributed by atoms with Gasteiger partial charge in [-0.05, 0) is 0 Å². The van der Waals surface area contributed by atoms with Gasteiger partial charge in [-0.3, -0.25) is 18.4 Å². The fourth-order valence-corrected chi connectivity index (χ4v) is 15.0. The van der Waals surface area contributed by atoms with Crippen LogP contribution >= 0.6 is 15.6 Å². The summed E-state index contributed by atoms with van der Waals surface area (Å²) in [6, 6.07) is 0. The Hall–Kier alpha value is -2.52. The van der Waals surface area contributed by atoms with Crippen molar-refractivity contribution < 1.29 is 261 Å². The Morgan fingerprint density at radius 2 is 0.796 bits per heavy atom. The van der Waals surface area contributed by atoms with Crippen LogP contribution in [-0.4, -0.2) is 494 Å². The first-order chi connectivity index (χ1) is 53.0. The van der Waals surface area contributed by atoms with E-state index in [1.54, 1.807) is 0 Å². The summed E-state index contributed by atoms with van der Waals surface area (Å²) >= 11 is 0. The van der Waals surface area contributed by atoms with E-state index in [9.17, 15) is 171 Å². The molecule has 56 heteroatoms. The lowest BCUT2D eigenvalue weighted by molar-refractivity contribution is -0.428. The van der Waals surface area contributed by atoms with Crippen molar-refractivity contribution in [2.24, 2.45) is 5.73 Å². The van der Waals surface area contributed by atoms with E-state index in [4.69, 9.17) is 95.1 Å². The van der Waals surface area contributed by atoms with E-state index in [1.807, 2.05) is 0 Å². The summed E-state index contributed by atoms with van der Waals surface area (Å²) in [6.45, 7) is -11.9. The number of carbonyl (C=O) groups is 2. The van der Waals surface area contributed by atoms with Gasteiger partial charge in [-0.15, -0.1) is 0 Å². The number of nitrogens with two attached hydrogens (primary N) is 1. The van der Waals surface area contributed by atoms with Gasteiger partial charge >= 0.3 is 27.6 Å². The largest absolute Gasteiger partial charge is 0.477 e. The van der Waals surface area contributed by atoms with Crippen molar-refractivity contribution in [2.45, 2.75) is 277 Å². The minimum atomic E-state index is -6.05. The number of carboxylic acids is 1. The molecule has 0 spiro atoms. The number of rotatable bonds is 35. The van der Waals surface area contributed by atoms with E-state index in [2.05, 4.69) is 0 Å². The zero-order chi connectivity index (χ0) is 84.1. The summed E-state index contributed by atoms with van der Waals surface area (Å²) in [4.78, 5) is 57.1. The second kappa shape index (κ2) is 40.9. The lowest BCUT2D eigenvalue weighted by Crippen LogP contribution is -2.72. The first-order valence-corrected chi connectivity index (χ1v) is 37.6. The van der Waals surface area contributed by atoms with Gasteiger partial charge in [0.1, 0.15) is 201 Å². The molecule has 8 heterocycles. The second-order valence-corrected chi connectivity index (χ2v) is 29.7. The van der Waals surface area contributed by atoms with Crippen LogP contribution in [0.2, 0.25) is 0 Å². The van der Waals surface area contributed by atoms with E-state index in [-0.39, 0.29) is 0 Å². The molecule has 8 rings (SSSR count). The van der Waals surface area contributed by atoms with Crippen LogP contribution in [0, 0.1) is 0 Å². The number of ether oxygens (including phenoxy) is 16. The topological polar surface area (TPSA) is 877 Å². The zero-order valence-corrected chi connectivity index (χ0v) is 60.6. The maximum absolute atomic E-state index is 13.7. The first kappa shape index (κ1) is 95.9. The summed E-state index contributed by atoms with van der Waals surface area (Å²) in [5, 5.41) is 301. The molecule has 8 saturated heterocycles. The van der Waals surface area contributed by atoms with Crippen LogP contribution in [0.3, 0.4) is 0 Å². The van der Waals surface area contributed by atoms with Crippen LogP contribution < -0.4 is 5.73 Å². The summed E-state index contributed by atoms with van der Waals surface area (Å²) in [6.07, 6.45) is -109. The molecule has 0 radical (unpaired) electrons. The van der Waals surface area contributed by atoms with Gasteiger partial charge in [-0.2, -0.15) is 0 Å². The predicted molar refractivity (Wildman–Crippen MR) is 338 cm³/mol. The van der Waals surface area contributed by atoms with Gasteiger partial charge in [0, 0.05) is 19.9 Å². The molecule has 8 aliphatic rings. The third-order valence-corrected chi connectivity index (χ3v) is 21.0.